The average molecular weight is 528 g/mol. The number of benzene rings is 3. The van der Waals surface area contributed by atoms with Gasteiger partial charge < -0.3 is 14.4 Å². The second-order valence-electron chi connectivity index (χ2n) is 9.16. The number of methoxy groups -OCH3 is 2. The smallest absolute Gasteiger partial charge is 0.212 e. The third-order valence-corrected chi connectivity index (χ3v) is 6.87. The highest BCUT2D eigenvalue weighted by atomic mass is 16.5. The van der Waals surface area contributed by atoms with E-state index in [4.69, 9.17) is 14.9 Å². The fourth-order valence-corrected chi connectivity index (χ4v) is 4.84. The van der Waals surface area contributed by atoms with Gasteiger partial charge in [-0.3, -0.25) is 10.4 Å². The number of anilines is 1. The van der Waals surface area contributed by atoms with E-state index in [0.717, 1.165) is 30.7 Å². The van der Waals surface area contributed by atoms with Gasteiger partial charge in [-0.2, -0.15) is 0 Å². The standard InChI is InChI=1S/C24H30N2O.C8H9NO.C2H6/c1-6-18-8-10-19(11-9-18)17-24(3)21-16-20(27-5)12-13-22(21)26(7-2)23(24)14-15-25-4;1-10-8(9)7-5-3-2-4-6-7;1-2/h8-16H,6-7,17H2,1-5H3;2-6,9H,1H3;1-2H3/b23-14-,25-15?;;. The van der Waals surface area contributed by atoms with Crippen LogP contribution in [0.5, 0.6) is 5.75 Å². The molecule has 0 aromatic heterocycles. The zero-order chi connectivity index (χ0) is 28.8. The summed E-state index contributed by atoms with van der Waals surface area (Å²) in [5.41, 5.74) is 7.28. The van der Waals surface area contributed by atoms with Crippen LogP contribution in [0.2, 0.25) is 0 Å². The summed E-state index contributed by atoms with van der Waals surface area (Å²) in [5.74, 6) is 1.11. The summed E-state index contributed by atoms with van der Waals surface area (Å²) in [7, 11) is 5.05. The van der Waals surface area contributed by atoms with Crippen molar-refractivity contribution in [2.45, 2.75) is 52.9 Å². The molecule has 0 radical (unpaired) electrons. The van der Waals surface area contributed by atoms with E-state index in [1.165, 1.54) is 35.2 Å². The predicted molar refractivity (Wildman–Crippen MR) is 167 cm³/mol. The minimum absolute atomic E-state index is 0.130. The molecule has 0 aliphatic carbocycles. The van der Waals surface area contributed by atoms with Crippen LogP contribution in [-0.2, 0) is 23.0 Å². The summed E-state index contributed by atoms with van der Waals surface area (Å²) >= 11 is 0. The molecule has 0 saturated heterocycles. The van der Waals surface area contributed by atoms with Gasteiger partial charge in [0, 0.05) is 42.2 Å². The van der Waals surface area contributed by atoms with Crippen LogP contribution in [0.1, 0.15) is 56.9 Å². The molecule has 1 aliphatic heterocycles. The maximum atomic E-state index is 7.26. The van der Waals surface area contributed by atoms with E-state index in [1.807, 2.05) is 57.4 Å². The van der Waals surface area contributed by atoms with Crippen molar-refractivity contribution in [1.29, 1.82) is 5.41 Å². The van der Waals surface area contributed by atoms with Gasteiger partial charge in [-0.05, 0) is 79.8 Å². The molecule has 1 N–H and O–H groups in total. The van der Waals surface area contributed by atoms with Crippen molar-refractivity contribution < 1.29 is 9.47 Å². The first-order valence-electron chi connectivity index (χ1n) is 13.8. The van der Waals surface area contributed by atoms with E-state index < -0.39 is 0 Å². The van der Waals surface area contributed by atoms with Crippen molar-refractivity contribution >= 4 is 17.8 Å². The summed E-state index contributed by atoms with van der Waals surface area (Å²) < 4.78 is 10.3. The molecular formula is C34H45N3O2. The number of nitrogens with zero attached hydrogens (tertiary/aromatic N) is 2. The Morgan fingerprint density at radius 3 is 2.13 bits per heavy atom. The highest BCUT2D eigenvalue weighted by Gasteiger charge is 2.43. The van der Waals surface area contributed by atoms with E-state index >= 15 is 0 Å². The highest BCUT2D eigenvalue weighted by molar-refractivity contribution is 5.91. The Labute approximate surface area is 235 Å². The number of rotatable bonds is 7. The molecule has 1 atom stereocenters. The van der Waals surface area contributed by atoms with Crippen molar-refractivity contribution in [2.75, 3.05) is 32.7 Å². The van der Waals surface area contributed by atoms with Crippen molar-refractivity contribution in [1.82, 2.24) is 0 Å². The number of ether oxygens (including phenoxy) is 2. The average Bonchev–Trinajstić information content (AvgIpc) is 3.23. The number of fused-ring (bicyclic) bond motifs is 1. The van der Waals surface area contributed by atoms with Crippen LogP contribution in [0.4, 0.5) is 5.69 Å². The van der Waals surface area contributed by atoms with Crippen molar-refractivity contribution in [3.8, 4) is 5.75 Å². The predicted octanol–water partition coefficient (Wildman–Crippen LogP) is 7.87. The van der Waals surface area contributed by atoms with Gasteiger partial charge in [0.05, 0.1) is 14.2 Å². The zero-order valence-electron chi connectivity index (χ0n) is 24.9. The zero-order valence-corrected chi connectivity index (χ0v) is 24.9. The molecule has 1 heterocycles. The van der Waals surface area contributed by atoms with Gasteiger partial charge in [0.1, 0.15) is 5.75 Å². The maximum Gasteiger partial charge on any atom is 0.212 e. The molecule has 0 bridgehead atoms. The lowest BCUT2D eigenvalue weighted by Gasteiger charge is -2.30. The molecule has 208 valence electrons. The minimum atomic E-state index is -0.130. The topological polar surface area (TPSA) is 57.9 Å². The summed E-state index contributed by atoms with van der Waals surface area (Å²) in [6, 6.07) is 24.8. The molecular weight excluding hydrogens is 482 g/mol. The van der Waals surface area contributed by atoms with Crippen LogP contribution in [0.25, 0.3) is 0 Å². The Morgan fingerprint density at radius 1 is 0.949 bits per heavy atom. The summed E-state index contributed by atoms with van der Waals surface area (Å²) in [6.07, 6.45) is 6.08. The van der Waals surface area contributed by atoms with Crippen LogP contribution in [0.3, 0.4) is 0 Å². The van der Waals surface area contributed by atoms with Crippen LogP contribution in [-0.4, -0.2) is 39.9 Å². The highest BCUT2D eigenvalue weighted by Crippen LogP contribution is 2.50. The molecule has 0 spiro atoms. The normalized spacial score (nSPS) is 16.6. The number of allylic oxidation sites excluding steroid dienone is 2. The molecule has 0 fully saturated rings. The number of likely N-dealkylation sites (N-methyl/N-ethyl adjacent to an activating group) is 1. The van der Waals surface area contributed by atoms with Gasteiger partial charge in [-0.25, -0.2) is 0 Å². The molecule has 5 nitrogen and oxygen atoms in total. The van der Waals surface area contributed by atoms with Gasteiger partial charge in [-0.15, -0.1) is 0 Å². The molecule has 1 aliphatic rings. The molecule has 4 rings (SSSR count). The lowest BCUT2D eigenvalue weighted by atomic mass is 9.76. The molecule has 5 heteroatoms. The molecule has 39 heavy (non-hydrogen) atoms. The first-order chi connectivity index (χ1) is 18.9. The Hall–Kier alpha value is -3.86. The summed E-state index contributed by atoms with van der Waals surface area (Å²) in [4.78, 5) is 6.61. The van der Waals surface area contributed by atoms with E-state index in [1.54, 1.807) is 7.11 Å². The first-order valence-corrected chi connectivity index (χ1v) is 13.8. The number of aryl methyl sites for hydroxylation is 1. The first kappa shape index (κ1) is 31.4. The van der Waals surface area contributed by atoms with Gasteiger partial charge in [0.2, 0.25) is 5.90 Å². The largest absolute Gasteiger partial charge is 0.497 e. The Kier molecular flexibility index (Phi) is 12.5. The minimum Gasteiger partial charge on any atom is -0.497 e. The fourth-order valence-electron chi connectivity index (χ4n) is 4.84. The van der Waals surface area contributed by atoms with Gasteiger partial charge >= 0.3 is 0 Å². The fraction of sp³-hybridized carbons (Fsp3) is 0.353. The number of hydrogen-bond acceptors (Lipinski definition) is 5. The second-order valence-corrected chi connectivity index (χ2v) is 9.16. The lowest BCUT2D eigenvalue weighted by molar-refractivity contribution is 0.401. The molecule has 3 aromatic rings. The van der Waals surface area contributed by atoms with Gasteiger partial charge in [0.15, 0.2) is 0 Å². The third-order valence-electron chi connectivity index (χ3n) is 6.87. The number of aliphatic imine (C=N–C) groups is 1. The quantitative estimate of drug-likeness (QED) is 0.251. The van der Waals surface area contributed by atoms with Gasteiger partial charge in [0.25, 0.3) is 0 Å². The van der Waals surface area contributed by atoms with E-state index in [-0.39, 0.29) is 11.3 Å². The van der Waals surface area contributed by atoms with E-state index in [0.29, 0.717) is 0 Å². The Balaban J connectivity index is 0.000000372. The lowest BCUT2D eigenvalue weighted by Crippen LogP contribution is -2.30. The van der Waals surface area contributed by atoms with Gasteiger partial charge in [-0.1, -0.05) is 63.2 Å². The van der Waals surface area contributed by atoms with Crippen LogP contribution < -0.4 is 9.64 Å². The Morgan fingerprint density at radius 2 is 1.59 bits per heavy atom. The van der Waals surface area contributed by atoms with Crippen LogP contribution >= 0.6 is 0 Å². The van der Waals surface area contributed by atoms with E-state index in [9.17, 15) is 0 Å². The van der Waals surface area contributed by atoms with Crippen LogP contribution in [0, 0.1) is 5.41 Å². The number of hydrogen-bond donors (Lipinski definition) is 1. The molecule has 3 aromatic carbocycles. The second kappa shape index (κ2) is 15.5. The Bertz CT molecular complexity index is 1230. The van der Waals surface area contributed by atoms with Crippen LogP contribution in [0.15, 0.2) is 89.6 Å². The SMILES string of the molecule is CC.CCc1ccc(CC2(C)/C(=C/C=NC)N(CC)c3ccc(OC)cc32)cc1.COC(=N)c1ccccc1. The van der Waals surface area contributed by atoms with Crippen molar-refractivity contribution in [3.05, 3.63) is 107 Å². The molecule has 0 saturated carbocycles. The maximum absolute atomic E-state index is 7.26. The van der Waals surface area contributed by atoms with E-state index in [2.05, 4.69) is 79.2 Å². The molecule has 1 unspecified atom stereocenters. The number of nitrogens with one attached hydrogen (secondary N) is 1. The monoisotopic (exact) mass is 527 g/mol. The summed E-state index contributed by atoms with van der Waals surface area (Å²) in [5, 5.41) is 7.26. The van der Waals surface area contributed by atoms with Crippen molar-refractivity contribution in [3.63, 3.8) is 0 Å². The van der Waals surface area contributed by atoms with Crippen molar-refractivity contribution in [2.24, 2.45) is 4.99 Å². The third kappa shape index (κ3) is 7.60. The summed E-state index contributed by atoms with van der Waals surface area (Å²) in [6.45, 7) is 11.7. The molecule has 0 amide bonds.